The first-order chi connectivity index (χ1) is 9.63. The van der Waals surface area contributed by atoms with Crippen LogP contribution in [0, 0.1) is 6.92 Å². The molecule has 0 spiro atoms. The number of carbonyl (C=O) groups excluding carboxylic acids is 1. The number of pyridine rings is 1. The number of hydrogen-bond acceptors (Lipinski definition) is 2. The number of rotatable bonds is 4. The van der Waals surface area contributed by atoms with Crippen molar-refractivity contribution in [2.45, 2.75) is 13.3 Å². The third kappa shape index (κ3) is 4.66. The van der Waals surface area contributed by atoms with Crippen LogP contribution in [0.15, 0.2) is 47.1 Å². The lowest BCUT2D eigenvalue weighted by molar-refractivity contribution is 0.252. The van der Waals surface area contributed by atoms with E-state index in [-0.39, 0.29) is 6.03 Å². The molecule has 0 atom stereocenters. The van der Waals surface area contributed by atoms with Gasteiger partial charge in [0.2, 0.25) is 0 Å². The molecule has 5 heteroatoms. The summed E-state index contributed by atoms with van der Waals surface area (Å²) in [6, 6.07) is 11.6. The van der Waals surface area contributed by atoms with Gasteiger partial charge in [-0.15, -0.1) is 0 Å². The summed E-state index contributed by atoms with van der Waals surface area (Å²) in [5.41, 5.74) is 2.44. The highest BCUT2D eigenvalue weighted by atomic mass is 79.9. The van der Waals surface area contributed by atoms with Gasteiger partial charge < -0.3 is 5.32 Å². The Labute approximate surface area is 126 Å². The van der Waals surface area contributed by atoms with E-state index in [0.29, 0.717) is 12.4 Å². The maximum absolute atomic E-state index is 11.7. The average molecular weight is 334 g/mol. The fourth-order valence-corrected chi connectivity index (χ4v) is 1.92. The number of aromatic nitrogens is 1. The molecule has 1 heterocycles. The van der Waals surface area contributed by atoms with Gasteiger partial charge in [-0.2, -0.15) is 0 Å². The van der Waals surface area contributed by atoms with Gasteiger partial charge in [0.1, 0.15) is 5.82 Å². The fraction of sp³-hybridized carbons (Fsp3) is 0.200. The van der Waals surface area contributed by atoms with Crippen LogP contribution < -0.4 is 10.6 Å². The number of anilines is 1. The van der Waals surface area contributed by atoms with Crippen LogP contribution in [0.4, 0.5) is 10.6 Å². The Hall–Kier alpha value is -1.88. The van der Waals surface area contributed by atoms with Gasteiger partial charge in [0.05, 0.1) is 0 Å². The molecule has 104 valence electrons. The number of hydrogen-bond donors (Lipinski definition) is 2. The molecule has 2 rings (SSSR count). The molecule has 20 heavy (non-hydrogen) atoms. The Morgan fingerprint density at radius 2 is 1.95 bits per heavy atom. The van der Waals surface area contributed by atoms with Gasteiger partial charge in [0, 0.05) is 17.2 Å². The van der Waals surface area contributed by atoms with Gasteiger partial charge in [0.15, 0.2) is 0 Å². The minimum Gasteiger partial charge on any atom is -0.337 e. The quantitative estimate of drug-likeness (QED) is 0.899. The normalized spacial score (nSPS) is 10.1. The van der Waals surface area contributed by atoms with E-state index in [1.165, 1.54) is 11.1 Å². The van der Waals surface area contributed by atoms with Gasteiger partial charge in [-0.25, -0.2) is 9.78 Å². The molecule has 0 unspecified atom stereocenters. The summed E-state index contributed by atoms with van der Waals surface area (Å²) in [5, 5.41) is 5.49. The molecular formula is C15H16BrN3O. The molecule has 4 nitrogen and oxygen atoms in total. The minimum atomic E-state index is -0.244. The summed E-state index contributed by atoms with van der Waals surface area (Å²) < 4.78 is 0.878. The molecule has 2 aromatic rings. The van der Waals surface area contributed by atoms with Crippen molar-refractivity contribution in [1.82, 2.24) is 10.3 Å². The molecule has 0 bridgehead atoms. The summed E-state index contributed by atoms with van der Waals surface area (Å²) in [6.07, 6.45) is 2.45. The maximum atomic E-state index is 11.7. The molecule has 0 radical (unpaired) electrons. The van der Waals surface area contributed by atoms with Gasteiger partial charge in [-0.3, -0.25) is 5.32 Å². The predicted molar refractivity (Wildman–Crippen MR) is 83.8 cm³/mol. The third-order valence-corrected chi connectivity index (χ3v) is 3.26. The third-order valence-electron chi connectivity index (χ3n) is 2.79. The molecule has 2 amide bonds. The van der Waals surface area contributed by atoms with Crippen LogP contribution in [0.5, 0.6) is 0 Å². The van der Waals surface area contributed by atoms with Crippen molar-refractivity contribution in [3.63, 3.8) is 0 Å². The van der Waals surface area contributed by atoms with Gasteiger partial charge in [-0.1, -0.05) is 29.8 Å². The van der Waals surface area contributed by atoms with Crippen LogP contribution in [-0.4, -0.2) is 17.6 Å². The molecular weight excluding hydrogens is 318 g/mol. The van der Waals surface area contributed by atoms with E-state index in [1.54, 1.807) is 12.3 Å². The minimum absolute atomic E-state index is 0.244. The Bertz CT molecular complexity index is 567. The van der Waals surface area contributed by atoms with E-state index in [0.717, 1.165) is 10.9 Å². The number of benzene rings is 1. The van der Waals surface area contributed by atoms with Crippen molar-refractivity contribution < 1.29 is 4.79 Å². The predicted octanol–water partition coefficient (Wildman–Crippen LogP) is 3.52. The Balaban J connectivity index is 1.75. The van der Waals surface area contributed by atoms with E-state index in [9.17, 15) is 4.79 Å². The van der Waals surface area contributed by atoms with E-state index in [2.05, 4.69) is 62.7 Å². The van der Waals surface area contributed by atoms with E-state index >= 15 is 0 Å². The number of aryl methyl sites for hydroxylation is 1. The van der Waals surface area contributed by atoms with Crippen LogP contribution in [0.25, 0.3) is 0 Å². The molecule has 0 fully saturated rings. The van der Waals surface area contributed by atoms with Crippen LogP contribution >= 0.6 is 15.9 Å². The first-order valence-electron chi connectivity index (χ1n) is 6.35. The molecule has 2 N–H and O–H groups in total. The molecule has 0 aliphatic heterocycles. The highest BCUT2D eigenvalue weighted by molar-refractivity contribution is 9.10. The zero-order valence-electron chi connectivity index (χ0n) is 11.2. The molecule has 0 saturated heterocycles. The van der Waals surface area contributed by atoms with Crippen molar-refractivity contribution in [3.05, 3.63) is 58.2 Å². The average Bonchev–Trinajstić information content (AvgIpc) is 2.44. The molecule has 0 aliphatic carbocycles. The SMILES string of the molecule is Cc1ccc(CCNC(=O)Nc2ccc(Br)cn2)cc1. The largest absolute Gasteiger partial charge is 0.337 e. The fourth-order valence-electron chi connectivity index (χ4n) is 1.69. The molecule has 0 aliphatic rings. The van der Waals surface area contributed by atoms with E-state index < -0.39 is 0 Å². The smallest absolute Gasteiger partial charge is 0.320 e. The first-order valence-corrected chi connectivity index (χ1v) is 7.15. The summed E-state index contributed by atoms with van der Waals surface area (Å²) in [6.45, 7) is 2.64. The van der Waals surface area contributed by atoms with Gasteiger partial charge in [0.25, 0.3) is 0 Å². The van der Waals surface area contributed by atoms with Gasteiger partial charge >= 0.3 is 6.03 Å². The van der Waals surface area contributed by atoms with Crippen molar-refractivity contribution in [2.24, 2.45) is 0 Å². The van der Waals surface area contributed by atoms with Crippen LogP contribution in [-0.2, 0) is 6.42 Å². The number of halogens is 1. The number of nitrogens with zero attached hydrogens (tertiary/aromatic N) is 1. The number of nitrogens with one attached hydrogen (secondary N) is 2. The second-order valence-corrected chi connectivity index (χ2v) is 5.39. The summed E-state index contributed by atoms with van der Waals surface area (Å²) in [5.74, 6) is 0.529. The highest BCUT2D eigenvalue weighted by Crippen LogP contribution is 2.10. The Kier molecular flexibility index (Phi) is 5.12. The highest BCUT2D eigenvalue weighted by Gasteiger charge is 2.02. The summed E-state index contributed by atoms with van der Waals surface area (Å²) in [4.78, 5) is 15.7. The Morgan fingerprint density at radius 1 is 1.20 bits per heavy atom. The summed E-state index contributed by atoms with van der Waals surface area (Å²) >= 11 is 3.29. The van der Waals surface area contributed by atoms with E-state index in [4.69, 9.17) is 0 Å². The monoisotopic (exact) mass is 333 g/mol. The van der Waals surface area contributed by atoms with Crippen LogP contribution in [0.2, 0.25) is 0 Å². The van der Waals surface area contributed by atoms with E-state index in [1.807, 2.05) is 6.07 Å². The maximum Gasteiger partial charge on any atom is 0.320 e. The first kappa shape index (κ1) is 14.5. The lowest BCUT2D eigenvalue weighted by Crippen LogP contribution is -2.30. The zero-order valence-corrected chi connectivity index (χ0v) is 12.8. The summed E-state index contributed by atoms with van der Waals surface area (Å²) in [7, 11) is 0. The number of urea groups is 1. The van der Waals surface area contributed by atoms with Crippen molar-refractivity contribution >= 4 is 27.8 Å². The second-order valence-electron chi connectivity index (χ2n) is 4.48. The molecule has 1 aromatic heterocycles. The number of amides is 2. The Morgan fingerprint density at radius 3 is 2.60 bits per heavy atom. The number of carbonyl (C=O) groups is 1. The van der Waals surface area contributed by atoms with Crippen molar-refractivity contribution in [3.8, 4) is 0 Å². The van der Waals surface area contributed by atoms with Crippen molar-refractivity contribution in [2.75, 3.05) is 11.9 Å². The second kappa shape index (κ2) is 7.05. The lowest BCUT2D eigenvalue weighted by Gasteiger charge is -2.07. The van der Waals surface area contributed by atoms with Crippen LogP contribution in [0.3, 0.4) is 0 Å². The molecule has 0 saturated carbocycles. The zero-order chi connectivity index (χ0) is 14.4. The lowest BCUT2D eigenvalue weighted by atomic mass is 10.1. The van der Waals surface area contributed by atoms with Crippen LogP contribution in [0.1, 0.15) is 11.1 Å². The molecule has 1 aromatic carbocycles. The van der Waals surface area contributed by atoms with Crippen molar-refractivity contribution in [1.29, 1.82) is 0 Å². The topological polar surface area (TPSA) is 54.0 Å². The van der Waals surface area contributed by atoms with Gasteiger partial charge in [-0.05, 0) is 47.0 Å². The standard InChI is InChI=1S/C15H16BrN3O/c1-11-2-4-12(5-3-11)8-9-17-15(20)19-14-7-6-13(16)10-18-14/h2-7,10H,8-9H2,1H3,(H2,17,18,19,20).